The molecular formula is C48H58N8O9S2. The van der Waals surface area contributed by atoms with Gasteiger partial charge in [0.1, 0.15) is 24.4 Å². The lowest BCUT2D eigenvalue weighted by Gasteiger charge is -2.35. The molecule has 5 aromatic rings. The van der Waals surface area contributed by atoms with E-state index in [2.05, 4.69) is 36.2 Å². The number of nitrogens with one attached hydrogen (secondary N) is 4. The highest BCUT2D eigenvalue weighted by Crippen LogP contribution is 2.29. The molecule has 0 spiro atoms. The number of thiazole rings is 2. The molecule has 2 aromatic carbocycles. The Hall–Kier alpha value is -5.96. The average molecular weight is 955 g/mol. The van der Waals surface area contributed by atoms with Gasteiger partial charge in [-0.05, 0) is 72.7 Å². The second-order valence-electron chi connectivity index (χ2n) is 16.7. The highest BCUT2D eigenvalue weighted by molar-refractivity contribution is 7.14. The molecule has 0 bridgehead atoms. The number of aryl methyl sites for hydroxylation is 1. The molecule has 19 heteroatoms. The van der Waals surface area contributed by atoms with Crippen LogP contribution in [0, 0.1) is 12.3 Å². The van der Waals surface area contributed by atoms with Gasteiger partial charge in [0, 0.05) is 42.3 Å². The second kappa shape index (κ2) is 25.3. The summed E-state index contributed by atoms with van der Waals surface area (Å²) in [6.07, 6.45) is 2.92. The first-order valence-electron chi connectivity index (χ1n) is 22.1. The van der Waals surface area contributed by atoms with Gasteiger partial charge in [0.25, 0.3) is 11.8 Å². The van der Waals surface area contributed by atoms with E-state index >= 15 is 0 Å². The van der Waals surface area contributed by atoms with E-state index in [1.54, 1.807) is 46.7 Å². The third kappa shape index (κ3) is 15.3. The van der Waals surface area contributed by atoms with Gasteiger partial charge in [-0.25, -0.2) is 9.97 Å². The Morgan fingerprint density at radius 3 is 2.09 bits per heavy atom. The van der Waals surface area contributed by atoms with Gasteiger partial charge in [-0.1, -0.05) is 51.1 Å². The minimum absolute atomic E-state index is 0.166. The maximum absolute atomic E-state index is 13.9. The molecular weight excluding hydrogens is 897 g/mol. The van der Waals surface area contributed by atoms with Crippen molar-refractivity contribution in [1.82, 2.24) is 35.8 Å². The average Bonchev–Trinajstić information content (AvgIpc) is 4.12. The number of carbonyl (C=O) groups is 5. The van der Waals surface area contributed by atoms with E-state index in [-0.39, 0.29) is 50.1 Å². The third-order valence-electron chi connectivity index (χ3n) is 10.6. The summed E-state index contributed by atoms with van der Waals surface area (Å²) >= 11 is 2.89. The summed E-state index contributed by atoms with van der Waals surface area (Å²) in [4.78, 5) is 81.1. The van der Waals surface area contributed by atoms with E-state index in [1.165, 1.54) is 11.3 Å². The fourth-order valence-electron chi connectivity index (χ4n) is 7.05. The van der Waals surface area contributed by atoms with Crippen LogP contribution in [0.2, 0.25) is 0 Å². The van der Waals surface area contributed by atoms with Crippen LogP contribution >= 0.6 is 22.7 Å². The summed E-state index contributed by atoms with van der Waals surface area (Å²) in [7, 11) is 0. The zero-order chi connectivity index (χ0) is 47.6. The van der Waals surface area contributed by atoms with Crippen molar-refractivity contribution in [2.45, 2.75) is 59.2 Å². The number of hydrogen-bond acceptors (Lipinski definition) is 14. The number of likely N-dealkylation sites (tertiary alicyclic amines) is 1. The maximum atomic E-state index is 13.9. The topological polar surface area (TPSA) is 212 Å². The highest BCUT2D eigenvalue weighted by atomic mass is 32.1. The zero-order valence-electron chi connectivity index (χ0n) is 38.2. The van der Waals surface area contributed by atoms with Crippen LogP contribution in [-0.4, -0.2) is 127 Å². The lowest BCUT2D eigenvalue weighted by Crippen LogP contribution is -2.58. The number of benzene rings is 2. The van der Waals surface area contributed by atoms with Gasteiger partial charge in [0.05, 0.1) is 68.0 Å². The van der Waals surface area contributed by atoms with Gasteiger partial charge in [-0.2, -0.15) is 0 Å². The number of amides is 5. The largest absolute Gasteiger partial charge is 0.377 e. The highest BCUT2D eigenvalue weighted by Gasteiger charge is 2.41. The van der Waals surface area contributed by atoms with E-state index in [4.69, 9.17) is 18.9 Å². The molecule has 6 rings (SSSR count). The molecule has 0 saturated carbocycles. The van der Waals surface area contributed by atoms with Crippen molar-refractivity contribution in [1.29, 1.82) is 0 Å². The normalized spacial score (nSPS) is 14.1. The number of pyridine rings is 1. The first-order chi connectivity index (χ1) is 32.4. The van der Waals surface area contributed by atoms with Crippen molar-refractivity contribution in [3.05, 3.63) is 106 Å². The first kappa shape index (κ1) is 50.5. The van der Waals surface area contributed by atoms with Crippen LogP contribution in [0.5, 0.6) is 0 Å². The first-order valence-corrected chi connectivity index (χ1v) is 23.9. The summed E-state index contributed by atoms with van der Waals surface area (Å²) in [6.45, 7) is 10.4. The molecule has 3 aromatic heterocycles. The standard InChI is InChI=1S/C48H58N8O9S2/c1-32-41(67-31-52-32)34-12-10-33(11-13-34)28-51-45(60)39-9-7-20-56(39)46(61)42(48(2,3)4)54-40(57)29-65-27-26-64-25-24-63-23-22-62-21-19-50-43(58)35-14-16-36(17-15-35)44(59)55-47-53-38(30-66-47)37-8-5-6-18-49-37/h5-6,8,10-18,30-31,39,42H,7,9,19-29H2,1-4H3,(H,50,58)(H,51,60)(H,54,57)(H,53,55,59). The molecule has 4 N–H and O–H groups in total. The third-order valence-corrected chi connectivity index (χ3v) is 12.4. The SMILES string of the molecule is Cc1ncsc1-c1ccc(CNC(=O)C2CCCN2C(=O)C(NC(=O)COCCOCCOCCOCCNC(=O)c2ccc(C(=O)Nc3nc(-c4ccccn4)cs3)cc2)C(C)(C)C)cc1. The monoisotopic (exact) mass is 954 g/mol. The van der Waals surface area contributed by atoms with E-state index in [0.29, 0.717) is 80.9 Å². The number of hydrogen-bond donors (Lipinski definition) is 4. The lowest BCUT2D eigenvalue weighted by molar-refractivity contribution is -0.144. The molecule has 0 radical (unpaired) electrons. The summed E-state index contributed by atoms with van der Waals surface area (Å²) in [5.74, 6) is -1.57. The predicted molar refractivity (Wildman–Crippen MR) is 256 cm³/mol. The van der Waals surface area contributed by atoms with Crippen molar-refractivity contribution < 1.29 is 42.9 Å². The second-order valence-corrected chi connectivity index (χ2v) is 18.4. The molecule has 1 aliphatic rings. The quantitative estimate of drug-likeness (QED) is 0.0563. The Labute approximate surface area is 398 Å². The van der Waals surface area contributed by atoms with Crippen molar-refractivity contribution >= 4 is 57.3 Å². The molecule has 4 heterocycles. The van der Waals surface area contributed by atoms with Crippen LogP contribution in [0.25, 0.3) is 21.8 Å². The maximum Gasteiger partial charge on any atom is 0.257 e. The van der Waals surface area contributed by atoms with Crippen LogP contribution < -0.4 is 21.3 Å². The lowest BCUT2D eigenvalue weighted by atomic mass is 9.85. The molecule has 2 unspecified atom stereocenters. The van der Waals surface area contributed by atoms with Crippen LogP contribution in [0.15, 0.2) is 83.8 Å². The van der Waals surface area contributed by atoms with Gasteiger partial charge < -0.3 is 39.8 Å². The Morgan fingerprint density at radius 1 is 0.776 bits per heavy atom. The Bertz CT molecular complexity index is 2390. The Morgan fingerprint density at radius 2 is 1.45 bits per heavy atom. The van der Waals surface area contributed by atoms with Crippen molar-refractivity contribution in [2.24, 2.45) is 5.41 Å². The summed E-state index contributed by atoms with van der Waals surface area (Å²) < 4.78 is 22.1. The molecule has 2 atom stereocenters. The Balaban J connectivity index is 0.775. The van der Waals surface area contributed by atoms with Crippen LogP contribution in [0.1, 0.15) is 65.6 Å². The minimum Gasteiger partial charge on any atom is -0.377 e. The Kier molecular flexibility index (Phi) is 19.0. The van der Waals surface area contributed by atoms with Gasteiger partial charge in [0.15, 0.2) is 5.13 Å². The molecule has 1 aliphatic heterocycles. The van der Waals surface area contributed by atoms with Crippen molar-refractivity contribution in [2.75, 3.05) is 71.3 Å². The fraction of sp³-hybridized carbons (Fsp3) is 0.417. The number of ether oxygens (including phenoxy) is 4. The number of anilines is 1. The molecule has 67 heavy (non-hydrogen) atoms. The molecule has 5 amide bonds. The molecule has 17 nitrogen and oxygen atoms in total. The fourth-order valence-corrected chi connectivity index (χ4v) is 8.56. The van der Waals surface area contributed by atoms with Gasteiger partial charge >= 0.3 is 0 Å². The molecule has 1 saturated heterocycles. The van der Waals surface area contributed by atoms with E-state index in [0.717, 1.165) is 27.4 Å². The summed E-state index contributed by atoms with van der Waals surface area (Å²) in [5.41, 5.74) is 6.41. The van der Waals surface area contributed by atoms with E-state index < -0.39 is 23.4 Å². The smallest absolute Gasteiger partial charge is 0.257 e. The van der Waals surface area contributed by atoms with Gasteiger partial charge in [-0.15, -0.1) is 22.7 Å². The predicted octanol–water partition coefficient (Wildman–Crippen LogP) is 5.52. The minimum atomic E-state index is -0.855. The number of nitrogens with zero attached hydrogens (tertiary/aromatic N) is 4. The van der Waals surface area contributed by atoms with Crippen LogP contribution in [-0.2, 0) is 39.9 Å². The van der Waals surface area contributed by atoms with Gasteiger partial charge in [-0.3, -0.25) is 34.3 Å². The number of aromatic nitrogens is 3. The van der Waals surface area contributed by atoms with E-state index in [9.17, 15) is 24.0 Å². The zero-order valence-corrected chi connectivity index (χ0v) is 39.8. The molecule has 0 aliphatic carbocycles. The van der Waals surface area contributed by atoms with Crippen molar-refractivity contribution in [3.8, 4) is 21.8 Å². The number of carbonyl (C=O) groups excluding carboxylic acids is 5. The number of rotatable bonds is 24. The molecule has 356 valence electrons. The summed E-state index contributed by atoms with van der Waals surface area (Å²) in [6, 6.07) is 18.4. The van der Waals surface area contributed by atoms with E-state index in [1.807, 2.05) is 81.1 Å². The van der Waals surface area contributed by atoms with Crippen LogP contribution in [0.3, 0.4) is 0 Å². The van der Waals surface area contributed by atoms with Crippen molar-refractivity contribution in [3.63, 3.8) is 0 Å². The summed E-state index contributed by atoms with van der Waals surface area (Å²) in [5, 5.41) is 13.7. The van der Waals surface area contributed by atoms with Gasteiger partial charge in [0.2, 0.25) is 17.7 Å². The molecule has 1 fully saturated rings. The van der Waals surface area contributed by atoms with Crippen LogP contribution in [0.4, 0.5) is 5.13 Å².